The van der Waals surface area contributed by atoms with E-state index in [1.54, 1.807) is 12.3 Å². The second-order valence-electron chi connectivity index (χ2n) is 6.25. The summed E-state index contributed by atoms with van der Waals surface area (Å²) in [4.78, 5) is 16.6. The number of nitrogens with zero attached hydrogens (tertiary/aromatic N) is 2. The van der Waals surface area contributed by atoms with Crippen molar-refractivity contribution in [2.24, 2.45) is 0 Å². The molecule has 0 aliphatic heterocycles. The van der Waals surface area contributed by atoms with Crippen LogP contribution in [0.25, 0.3) is 17.0 Å². The number of aryl methyl sites for hydroxylation is 1. The van der Waals surface area contributed by atoms with Gasteiger partial charge in [-0.25, -0.2) is 4.98 Å². The smallest absolute Gasteiger partial charge is 0.220 e. The van der Waals surface area contributed by atoms with Crippen LogP contribution in [-0.2, 0) is 17.8 Å². The number of hydrogen-bond donors (Lipinski definition) is 1. The number of pyridine rings is 1. The standard InChI is InChI=1S/C21H18ClN3O2/c22-16-6-10-20-24-17(14-25(20)13-16)12-23-21(26)11-8-18-7-9-19(27-18)15-4-2-1-3-5-15/h1-7,9-10,13-14H,8,11-12H2,(H,23,26). The molecule has 27 heavy (non-hydrogen) atoms. The van der Waals surface area contributed by atoms with Gasteiger partial charge in [-0.3, -0.25) is 4.79 Å². The molecule has 1 N–H and O–H groups in total. The number of halogens is 1. The maximum atomic E-state index is 12.1. The first kappa shape index (κ1) is 17.4. The number of amides is 1. The van der Waals surface area contributed by atoms with Gasteiger partial charge < -0.3 is 14.1 Å². The topological polar surface area (TPSA) is 59.5 Å². The third-order valence-electron chi connectivity index (χ3n) is 4.25. The van der Waals surface area contributed by atoms with Crippen LogP contribution in [0.2, 0.25) is 5.02 Å². The van der Waals surface area contributed by atoms with E-state index in [9.17, 15) is 4.79 Å². The van der Waals surface area contributed by atoms with Crippen LogP contribution in [0.1, 0.15) is 17.9 Å². The molecular formula is C21H18ClN3O2. The predicted molar refractivity (Wildman–Crippen MR) is 105 cm³/mol. The molecule has 0 bridgehead atoms. The van der Waals surface area contributed by atoms with E-state index in [2.05, 4.69) is 10.3 Å². The van der Waals surface area contributed by atoms with Crippen molar-refractivity contribution < 1.29 is 9.21 Å². The Kier molecular flexibility index (Phi) is 4.94. The first-order chi connectivity index (χ1) is 13.2. The number of furan rings is 1. The summed E-state index contributed by atoms with van der Waals surface area (Å²) in [5.41, 5.74) is 2.61. The fourth-order valence-corrected chi connectivity index (χ4v) is 3.05. The van der Waals surface area contributed by atoms with Gasteiger partial charge in [0.1, 0.15) is 17.2 Å². The number of fused-ring (bicyclic) bond motifs is 1. The van der Waals surface area contributed by atoms with E-state index in [0.717, 1.165) is 28.4 Å². The van der Waals surface area contributed by atoms with E-state index in [0.29, 0.717) is 24.4 Å². The largest absolute Gasteiger partial charge is 0.461 e. The predicted octanol–water partition coefficient (Wildman–Crippen LogP) is 4.50. The summed E-state index contributed by atoms with van der Waals surface area (Å²) in [5, 5.41) is 3.54. The molecule has 0 spiro atoms. The Morgan fingerprint density at radius 3 is 2.78 bits per heavy atom. The second kappa shape index (κ2) is 7.68. The lowest BCUT2D eigenvalue weighted by molar-refractivity contribution is -0.121. The highest BCUT2D eigenvalue weighted by atomic mass is 35.5. The highest BCUT2D eigenvalue weighted by molar-refractivity contribution is 6.30. The molecule has 6 heteroatoms. The quantitative estimate of drug-likeness (QED) is 0.536. The van der Waals surface area contributed by atoms with Crippen LogP contribution in [0.5, 0.6) is 0 Å². The van der Waals surface area contributed by atoms with Gasteiger partial charge in [-0.15, -0.1) is 0 Å². The van der Waals surface area contributed by atoms with Crippen molar-refractivity contribution in [3.63, 3.8) is 0 Å². The van der Waals surface area contributed by atoms with Gasteiger partial charge in [0.05, 0.1) is 17.3 Å². The highest BCUT2D eigenvalue weighted by Gasteiger charge is 2.09. The minimum Gasteiger partial charge on any atom is -0.461 e. The summed E-state index contributed by atoms with van der Waals surface area (Å²) in [6.45, 7) is 0.381. The average Bonchev–Trinajstić information content (AvgIpc) is 3.32. The SMILES string of the molecule is O=C(CCc1ccc(-c2ccccc2)o1)NCc1cn2cc(Cl)ccc2n1. The summed E-state index contributed by atoms with van der Waals surface area (Å²) in [6.07, 6.45) is 4.57. The van der Waals surface area contributed by atoms with Gasteiger partial charge in [-0.2, -0.15) is 0 Å². The molecule has 1 amide bonds. The van der Waals surface area contributed by atoms with Gasteiger partial charge in [-0.1, -0.05) is 41.9 Å². The third kappa shape index (κ3) is 4.20. The van der Waals surface area contributed by atoms with Gasteiger partial charge in [-0.05, 0) is 24.3 Å². The van der Waals surface area contributed by atoms with Crippen molar-refractivity contribution in [2.75, 3.05) is 0 Å². The van der Waals surface area contributed by atoms with Crippen LogP contribution in [-0.4, -0.2) is 15.3 Å². The molecule has 4 aromatic rings. The van der Waals surface area contributed by atoms with Crippen molar-refractivity contribution in [2.45, 2.75) is 19.4 Å². The molecule has 0 atom stereocenters. The Morgan fingerprint density at radius 2 is 1.93 bits per heavy atom. The monoisotopic (exact) mass is 379 g/mol. The van der Waals surface area contributed by atoms with E-state index in [4.69, 9.17) is 16.0 Å². The van der Waals surface area contributed by atoms with Gasteiger partial charge in [0.25, 0.3) is 0 Å². The Hall–Kier alpha value is -3.05. The lowest BCUT2D eigenvalue weighted by Gasteiger charge is -2.02. The van der Waals surface area contributed by atoms with E-state index in [1.807, 2.05) is 59.1 Å². The Labute approximate surface area is 161 Å². The van der Waals surface area contributed by atoms with Gasteiger partial charge in [0, 0.05) is 30.8 Å². The lowest BCUT2D eigenvalue weighted by Crippen LogP contribution is -2.23. The molecule has 136 valence electrons. The van der Waals surface area contributed by atoms with Crippen LogP contribution in [0.4, 0.5) is 0 Å². The van der Waals surface area contributed by atoms with E-state index in [1.165, 1.54) is 0 Å². The van der Waals surface area contributed by atoms with Crippen molar-refractivity contribution >= 4 is 23.2 Å². The number of rotatable bonds is 6. The number of aromatic nitrogens is 2. The summed E-state index contributed by atoms with van der Waals surface area (Å²) >= 11 is 5.97. The Balaban J connectivity index is 1.30. The Morgan fingerprint density at radius 1 is 1.07 bits per heavy atom. The molecule has 0 fully saturated rings. The summed E-state index contributed by atoms with van der Waals surface area (Å²) in [5.74, 6) is 1.57. The molecular weight excluding hydrogens is 362 g/mol. The molecule has 0 aliphatic carbocycles. The van der Waals surface area contributed by atoms with Gasteiger partial charge >= 0.3 is 0 Å². The van der Waals surface area contributed by atoms with E-state index in [-0.39, 0.29) is 5.91 Å². The zero-order chi connectivity index (χ0) is 18.6. The van der Waals surface area contributed by atoms with Crippen LogP contribution in [0.15, 0.2) is 71.4 Å². The number of carbonyl (C=O) groups excluding carboxylic acids is 1. The molecule has 0 unspecified atom stereocenters. The molecule has 1 aromatic carbocycles. The second-order valence-corrected chi connectivity index (χ2v) is 6.69. The number of imidazole rings is 1. The summed E-state index contributed by atoms with van der Waals surface area (Å²) in [7, 11) is 0. The zero-order valence-electron chi connectivity index (χ0n) is 14.6. The van der Waals surface area contributed by atoms with Crippen LogP contribution < -0.4 is 5.32 Å². The van der Waals surface area contributed by atoms with Crippen molar-refractivity contribution in [3.8, 4) is 11.3 Å². The molecule has 0 saturated heterocycles. The number of nitrogens with one attached hydrogen (secondary N) is 1. The number of hydrogen-bond acceptors (Lipinski definition) is 3. The minimum atomic E-state index is -0.0391. The first-order valence-electron chi connectivity index (χ1n) is 8.71. The number of benzene rings is 1. The molecule has 0 aliphatic rings. The zero-order valence-corrected chi connectivity index (χ0v) is 15.3. The van der Waals surface area contributed by atoms with Crippen LogP contribution in [0, 0.1) is 0 Å². The first-order valence-corrected chi connectivity index (χ1v) is 9.09. The number of carbonyl (C=O) groups is 1. The van der Waals surface area contributed by atoms with Gasteiger partial charge in [0.15, 0.2) is 0 Å². The minimum absolute atomic E-state index is 0.0391. The van der Waals surface area contributed by atoms with Crippen molar-refractivity contribution in [1.82, 2.24) is 14.7 Å². The fraction of sp³-hybridized carbons (Fsp3) is 0.143. The Bertz CT molecular complexity index is 1070. The van der Waals surface area contributed by atoms with Crippen molar-refractivity contribution in [3.05, 3.63) is 83.5 Å². The third-order valence-corrected chi connectivity index (χ3v) is 4.47. The van der Waals surface area contributed by atoms with Crippen LogP contribution in [0.3, 0.4) is 0 Å². The molecule has 3 aromatic heterocycles. The fourth-order valence-electron chi connectivity index (χ4n) is 2.89. The molecule has 3 heterocycles. The van der Waals surface area contributed by atoms with Gasteiger partial charge in [0.2, 0.25) is 5.91 Å². The highest BCUT2D eigenvalue weighted by Crippen LogP contribution is 2.22. The van der Waals surface area contributed by atoms with Crippen LogP contribution >= 0.6 is 11.6 Å². The average molecular weight is 380 g/mol. The van der Waals surface area contributed by atoms with Crippen molar-refractivity contribution in [1.29, 1.82) is 0 Å². The van der Waals surface area contributed by atoms with E-state index >= 15 is 0 Å². The molecule has 0 radical (unpaired) electrons. The van der Waals surface area contributed by atoms with E-state index < -0.39 is 0 Å². The maximum absolute atomic E-state index is 12.1. The molecule has 5 nitrogen and oxygen atoms in total. The molecule has 0 saturated carbocycles. The lowest BCUT2D eigenvalue weighted by atomic mass is 10.2. The summed E-state index contributed by atoms with van der Waals surface area (Å²) in [6, 6.07) is 17.4. The normalized spacial score (nSPS) is 11.0. The molecule has 4 rings (SSSR count). The summed E-state index contributed by atoms with van der Waals surface area (Å²) < 4.78 is 7.67. The maximum Gasteiger partial charge on any atom is 0.220 e.